The second-order valence-electron chi connectivity index (χ2n) is 10.00. The molecule has 0 radical (unpaired) electrons. The summed E-state index contributed by atoms with van der Waals surface area (Å²) in [7, 11) is -6.58. The molecule has 2 unspecified atom stereocenters. The van der Waals surface area contributed by atoms with E-state index in [0.717, 1.165) is 16.4 Å². The van der Waals surface area contributed by atoms with Gasteiger partial charge in [0.1, 0.15) is 23.4 Å². The van der Waals surface area contributed by atoms with Gasteiger partial charge in [-0.2, -0.15) is 17.5 Å². The summed E-state index contributed by atoms with van der Waals surface area (Å²) in [5, 5.41) is 13.3. The summed E-state index contributed by atoms with van der Waals surface area (Å²) in [6.07, 6.45) is -4.36. The maximum absolute atomic E-state index is 13.1. The summed E-state index contributed by atoms with van der Waals surface area (Å²) < 4.78 is 105. The van der Waals surface area contributed by atoms with E-state index in [1.165, 1.54) is 25.2 Å². The van der Waals surface area contributed by atoms with Crippen LogP contribution in [0.3, 0.4) is 0 Å². The molecule has 2 heterocycles. The van der Waals surface area contributed by atoms with Crippen molar-refractivity contribution >= 4 is 31.6 Å². The van der Waals surface area contributed by atoms with Crippen molar-refractivity contribution in [1.29, 1.82) is 0 Å². The lowest BCUT2D eigenvalue weighted by atomic mass is 9.88. The fourth-order valence-electron chi connectivity index (χ4n) is 4.88. The van der Waals surface area contributed by atoms with Crippen molar-refractivity contribution in [3.05, 3.63) is 53.1 Å². The van der Waals surface area contributed by atoms with Crippen molar-refractivity contribution in [3.8, 4) is 5.75 Å². The third kappa shape index (κ3) is 7.51. The number of halogens is 4. The molecule has 2 aromatic carbocycles. The van der Waals surface area contributed by atoms with Crippen LogP contribution in [0, 0.1) is 0 Å². The van der Waals surface area contributed by atoms with E-state index in [-0.39, 0.29) is 48.0 Å². The molecule has 1 spiro atoms. The van der Waals surface area contributed by atoms with E-state index in [9.17, 15) is 35.1 Å². The van der Waals surface area contributed by atoms with E-state index >= 15 is 0 Å². The van der Waals surface area contributed by atoms with Gasteiger partial charge < -0.3 is 19.9 Å². The van der Waals surface area contributed by atoms with E-state index in [2.05, 4.69) is 10.0 Å². The molecule has 4 rings (SSSR count). The predicted molar refractivity (Wildman–Crippen MR) is 144 cm³/mol. The van der Waals surface area contributed by atoms with Gasteiger partial charge in [0.25, 0.3) is 0 Å². The topological polar surface area (TPSA) is 134 Å². The number of sulfonamides is 2. The van der Waals surface area contributed by atoms with Crippen molar-refractivity contribution in [2.24, 2.45) is 0 Å². The summed E-state index contributed by atoms with van der Waals surface area (Å²) >= 11 is 5.98. The van der Waals surface area contributed by atoms with Crippen LogP contribution in [0.4, 0.5) is 13.2 Å². The molecular weight excluding hydrogens is 611 g/mol. The summed E-state index contributed by atoms with van der Waals surface area (Å²) in [6, 6.07) is 8.01. The largest absolute Gasteiger partial charge is 0.491 e. The van der Waals surface area contributed by atoms with Gasteiger partial charge in [0, 0.05) is 31.7 Å². The lowest BCUT2D eigenvalue weighted by molar-refractivity contribution is -0.137. The Labute approximate surface area is 241 Å². The minimum absolute atomic E-state index is 0.0373. The highest BCUT2D eigenvalue weighted by atomic mass is 35.5. The zero-order valence-corrected chi connectivity index (χ0v) is 24.4. The highest BCUT2D eigenvalue weighted by Gasteiger charge is 2.45. The average molecular weight is 642 g/mol. The van der Waals surface area contributed by atoms with Crippen LogP contribution in [0.25, 0.3) is 0 Å². The van der Waals surface area contributed by atoms with Gasteiger partial charge in [0.2, 0.25) is 20.0 Å². The van der Waals surface area contributed by atoms with Gasteiger partial charge in [-0.25, -0.2) is 21.6 Å². The number of nitrogens with zero attached hydrogens (tertiary/aromatic N) is 1. The Hall–Kier alpha value is -1.98. The van der Waals surface area contributed by atoms with Gasteiger partial charge in [-0.15, -0.1) is 0 Å². The van der Waals surface area contributed by atoms with Crippen molar-refractivity contribution < 1.29 is 44.6 Å². The molecule has 0 amide bonds. The van der Waals surface area contributed by atoms with Crippen LogP contribution in [0.1, 0.15) is 24.8 Å². The molecule has 16 heteroatoms. The first-order valence-electron chi connectivity index (χ1n) is 12.7. The quantitative estimate of drug-likeness (QED) is 0.361. The molecule has 41 heavy (non-hydrogen) atoms. The Balaban J connectivity index is 1.27. The maximum Gasteiger partial charge on any atom is 0.416 e. The molecule has 0 bridgehead atoms. The maximum atomic E-state index is 13.1. The molecule has 2 atom stereocenters. The van der Waals surface area contributed by atoms with Crippen LogP contribution in [-0.4, -0.2) is 83.9 Å². The van der Waals surface area contributed by atoms with Crippen molar-refractivity contribution in [3.63, 3.8) is 0 Å². The molecule has 0 aromatic heterocycles. The molecule has 0 saturated carbocycles. The summed E-state index contributed by atoms with van der Waals surface area (Å²) in [4.78, 5) is -0.543. The number of rotatable bonds is 10. The zero-order valence-electron chi connectivity index (χ0n) is 22.0. The number of piperidine rings is 1. The SMILES string of the molecule is CNS(=O)(=O)c1cccc(OCC(O)CNC2COC3(CCN(S(=O)(=O)c4cc(C(F)(F)F)ccc4Cl)CC3)C2)c1. The molecule has 228 valence electrons. The number of ether oxygens (including phenoxy) is 2. The second kappa shape index (κ2) is 12.3. The van der Waals surface area contributed by atoms with E-state index < -0.39 is 48.4 Å². The number of nitrogens with one attached hydrogen (secondary N) is 2. The monoisotopic (exact) mass is 641 g/mol. The van der Waals surface area contributed by atoms with Crippen molar-refractivity contribution in [2.45, 2.75) is 53.0 Å². The molecule has 10 nitrogen and oxygen atoms in total. The highest BCUT2D eigenvalue weighted by molar-refractivity contribution is 7.89. The van der Waals surface area contributed by atoms with Gasteiger partial charge in [-0.3, -0.25) is 0 Å². The number of aliphatic hydroxyl groups excluding tert-OH is 1. The molecule has 2 aromatic rings. The predicted octanol–water partition coefficient (Wildman–Crippen LogP) is 2.61. The lowest BCUT2D eigenvalue weighted by Crippen LogP contribution is -2.47. The normalized spacial score (nSPS) is 20.8. The Bertz CT molecular complexity index is 1450. The number of alkyl halides is 3. The molecule has 2 aliphatic heterocycles. The van der Waals surface area contributed by atoms with E-state index in [4.69, 9.17) is 21.1 Å². The lowest BCUT2D eigenvalue weighted by Gasteiger charge is -2.38. The summed E-state index contributed by atoms with van der Waals surface area (Å²) in [5.74, 6) is 0.289. The number of benzene rings is 2. The second-order valence-corrected chi connectivity index (χ2v) is 14.2. The molecule has 0 aliphatic carbocycles. The van der Waals surface area contributed by atoms with Gasteiger partial charge in [0.05, 0.1) is 27.7 Å². The third-order valence-electron chi connectivity index (χ3n) is 7.19. The van der Waals surface area contributed by atoms with E-state index in [1.54, 1.807) is 6.07 Å². The zero-order chi connectivity index (χ0) is 30.1. The molecule has 2 saturated heterocycles. The summed E-state index contributed by atoms with van der Waals surface area (Å²) in [6.45, 7) is 0.539. The molecule has 2 fully saturated rings. The first-order chi connectivity index (χ1) is 19.1. The van der Waals surface area contributed by atoms with E-state index in [1.807, 2.05) is 0 Å². The smallest absolute Gasteiger partial charge is 0.416 e. The van der Waals surface area contributed by atoms with Crippen LogP contribution in [0.15, 0.2) is 52.3 Å². The van der Waals surface area contributed by atoms with Gasteiger partial charge in [-0.1, -0.05) is 17.7 Å². The van der Waals surface area contributed by atoms with Crippen LogP contribution in [0.5, 0.6) is 5.75 Å². The number of hydrogen-bond acceptors (Lipinski definition) is 8. The summed E-state index contributed by atoms with van der Waals surface area (Å²) in [5.41, 5.74) is -1.69. The minimum Gasteiger partial charge on any atom is -0.491 e. The fourth-order valence-corrected chi connectivity index (χ4v) is 7.58. The van der Waals surface area contributed by atoms with Crippen molar-refractivity contribution in [2.75, 3.05) is 39.9 Å². The number of hydrogen-bond donors (Lipinski definition) is 3. The molecule has 3 N–H and O–H groups in total. The third-order valence-corrected chi connectivity index (χ3v) is 11.0. The molecular formula is C25H31ClF3N3O7S2. The number of aliphatic hydroxyl groups is 1. The van der Waals surface area contributed by atoms with Crippen molar-refractivity contribution in [1.82, 2.24) is 14.3 Å². The van der Waals surface area contributed by atoms with Crippen LogP contribution in [-0.2, 0) is 31.0 Å². The standard InChI is InChI=1S/C25H31ClF3N3O7S2/c1-30-40(34,35)21-4-2-3-20(12-21)38-16-19(33)14-31-18-13-24(39-15-18)7-9-32(10-8-24)41(36,37)23-11-17(25(27,28)29)5-6-22(23)26/h2-6,11-12,18-19,30-31,33H,7-10,13-16H2,1H3. The highest BCUT2D eigenvalue weighted by Crippen LogP contribution is 2.39. The van der Waals surface area contributed by atoms with E-state index in [0.29, 0.717) is 31.9 Å². The average Bonchev–Trinajstić information content (AvgIpc) is 3.32. The first kappa shape index (κ1) is 31.9. The fraction of sp³-hybridized carbons (Fsp3) is 0.520. The van der Waals surface area contributed by atoms with Gasteiger partial charge in [0.15, 0.2) is 0 Å². The molecule has 2 aliphatic rings. The van der Waals surface area contributed by atoms with Crippen LogP contribution < -0.4 is 14.8 Å². The minimum atomic E-state index is -4.71. The van der Waals surface area contributed by atoms with Gasteiger partial charge in [-0.05, 0) is 56.6 Å². The first-order valence-corrected chi connectivity index (χ1v) is 16.0. The Kier molecular flexibility index (Phi) is 9.60. The Morgan fingerprint density at radius 3 is 2.54 bits per heavy atom. The van der Waals surface area contributed by atoms with Crippen LogP contribution >= 0.6 is 11.6 Å². The Morgan fingerprint density at radius 2 is 1.88 bits per heavy atom. The Morgan fingerprint density at radius 1 is 1.17 bits per heavy atom. The van der Waals surface area contributed by atoms with Gasteiger partial charge >= 0.3 is 6.18 Å². The van der Waals surface area contributed by atoms with Crippen LogP contribution in [0.2, 0.25) is 5.02 Å².